The molecule has 0 N–H and O–H groups in total. The first kappa shape index (κ1) is 40.7. The number of nitrogens with zero attached hydrogens (tertiary/aromatic N) is 2. The summed E-state index contributed by atoms with van der Waals surface area (Å²) < 4.78 is 11.4. The molecule has 0 aliphatic carbocycles. The van der Waals surface area contributed by atoms with Crippen LogP contribution in [0.5, 0.6) is 0 Å². The highest BCUT2D eigenvalue weighted by molar-refractivity contribution is 7.88. The highest BCUT2D eigenvalue weighted by Crippen LogP contribution is 2.50. The second kappa shape index (κ2) is 18.6. The normalized spacial score (nSPS) is 11.4. The van der Waals surface area contributed by atoms with Crippen molar-refractivity contribution in [2.24, 2.45) is 9.49 Å². The van der Waals surface area contributed by atoms with E-state index >= 15 is 0 Å². The van der Waals surface area contributed by atoms with Gasteiger partial charge in [-0.15, -0.1) is 0 Å². The maximum atomic E-state index is 5.68. The van der Waals surface area contributed by atoms with Gasteiger partial charge < -0.3 is 0 Å². The fourth-order valence-corrected chi connectivity index (χ4v) is 15.7. The van der Waals surface area contributed by atoms with Crippen LogP contribution in [0.4, 0.5) is 11.4 Å². The lowest BCUT2D eigenvalue weighted by Gasteiger charge is -2.27. The lowest BCUT2D eigenvalue weighted by molar-refractivity contribution is 1.53. The zero-order valence-corrected chi connectivity index (χ0v) is 37.1. The van der Waals surface area contributed by atoms with Crippen molar-refractivity contribution in [3.8, 4) is 33.4 Å². The van der Waals surface area contributed by atoms with Gasteiger partial charge in [0.25, 0.3) is 0 Å². The van der Waals surface area contributed by atoms with Gasteiger partial charge >= 0.3 is 0 Å². The van der Waals surface area contributed by atoms with E-state index in [0.717, 1.165) is 22.5 Å². The molecule has 0 unspecified atom stereocenters. The van der Waals surface area contributed by atoms with Crippen LogP contribution < -0.4 is 31.8 Å². The summed E-state index contributed by atoms with van der Waals surface area (Å²) >= 11 is 0. The average molecular weight is 857 g/mol. The van der Waals surface area contributed by atoms with Crippen molar-refractivity contribution >= 4 is 57.3 Å². The summed E-state index contributed by atoms with van der Waals surface area (Å²) in [4.78, 5) is 0. The third kappa shape index (κ3) is 8.19. The van der Waals surface area contributed by atoms with Gasteiger partial charge in [0.15, 0.2) is 0 Å². The first-order valence-corrected chi connectivity index (χ1v) is 25.2. The van der Waals surface area contributed by atoms with Crippen molar-refractivity contribution < 1.29 is 0 Å². The van der Waals surface area contributed by atoms with E-state index < -0.39 is 14.1 Å². The molecule has 2 nitrogen and oxygen atoms in total. The number of benzene rings is 10. The molecule has 0 aromatic heterocycles. The van der Waals surface area contributed by atoms with Crippen LogP contribution in [0.25, 0.3) is 33.4 Å². The Hall–Kier alpha value is -7.34. The molecular weight excluding hydrogens is 811 g/mol. The van der Waals surface area contributed by atoms with Crippen LogP contribution in [0.1, 0.15) is 0 Å². The van der Waals surface area contributed by atoms with Crippen LogP contribution in [0.2, 0.25) is 0 Å². The summed E-state index contributed by atoms with van der Waals surface area (Å²) in [7, 11) is -4.69. The molecule has 0 aliphatic rings. The van der Waals surface area contributed by atoms with Gasteiger partial charge in [0.2, 0.25) is 0 Å². The van der Waals surface area contributed by atoms with Crippen LogP contribution in [0.3, 0.4) is 0 Å². The minimum Gasteiger partial charge on any atom is -0.254 e. The molecule has 0 radical (unpaired) electrons. The Kier molecular flexibility index (Phi) is 11.8. The summed E-state index contributed by atoms with van der Waals surface area (Å²) in [5.74, 6) is 0. The molecule has 0 saturated heterocycles. The van der Waals surface area contributed by atoms with Gasteiger partial charge in [0.1, 0.15) is 0 Å². The Morgan fingerprint density at radius 2 is 0.328 bits per heavy atom. The maximum Gasteiger partial charge on any atom is 0.0625 e. The monoisotopic (exact) mass is 856 g/mol. The largest absolute Gasteiger partial charge is 0.254 e. The van der Waals surface area contributed by atoms with E-state index in [9.17, 15) is 0 Å². The molecule has 0 spiro atoms. The second-order valence-corrected chi connectivity index (χ2v) is 21.8. The Bertz CT molecular complexity index is 2760. The summed E-state index contributed by atoms with van der Waals surface area (Å²) in [6, 6.07) is 99.9. The predicted molar refractivity (Wildman–Crippen MR) is 277 cm³/mol. The fourth-order valence-electron chi connectivity index (χ4n) is 8.60. The molecule has 10 rings (SSSR count). The van der Waals surface area contributed by atoms with Crippen molar-refractivity contribution in [1.82, 2.24) is 0 Å². The third-order valence-corrected chi connectivity index (χ3v) is 19.1. The Balaban J connectivity index is 0.909. The molecule has 0 atom stereocenters. The molecule has 0 aliphatic heterocycles. The number of hydrogen-bond acceptors (Lipinski definition) is 2. The molecule has 0 saturated carbocycles. The number of rotatable bonds is 11. The van der Waals surface area contributed by atoms with Crippen LogP contribution >= 0.6 is 14.1 Å². The summed E-state index contributed by atoms with van der Waals surface area (Å²) in [5, 5.41) is 7.41. The minimum absolute atomic E-state index is 0.968. The van der Waals surface area contributed by atoms with Gasteiger partial charge in [-0.25, -0.2) is 0 Å². The zero-order valence-electron chi connectivity index (χ0n) is 35.3. The highest BCUT2D eigenvalue weighted by Gasteiger charge is 2.28. The third-order valence-electron chi connectivity index (χ3n) is 11.8. The molecule has 4 heteroatoms. The lowest BCUT2D eigenvalue weighted by Crippen LogP contribution is -2.25. The highest BCUT2D eigenvalue weighted by atomic mass is 31.2. The van der Waals surface area contributed by atoms with Crippen molar-refractivity contribution in [1.29, 1.82) is 0 Å². The maximum absolute atomic E-state index is 5.68. The minimum atomic E-state index is -2.35. The standard InChI is InChI=1S/C60H46N2P2/c1-7-19-55(20-8-1)63(56-21-9-2-10-22-56,57-23-11-3-12-24-57)61-53-43-39-51(40-44-53)49-35-31-47(32-36-49)48-33-37-50(38-34-48)52-41-45-54(46-42-52)62-64(58-25-13-4-14-26-58,59-27-15-5-16-28-59)60-29-17-6-18-30-60/h1-46H. The van der Waals surface area contributed by atoms with E-state index in [1.165, 1.54) is 54.1 Å². The van der Waals surface area contributed by atoms with Gasteiger partial charge in [-0.05, 0) is 57.6 Å². The van der Waals surface area contributed by atoms with Crippen molar-refractivity contribution in [2.45, 2.75) is 0 Å². The van der Waals surface area contributed by atoms with E-state index in [0.29, 0.717) is 0 Å². The Labute approximate surface area is 377 Å². The van der Waals surface area contributed by atoms with Crippen molar-refractivity contribution in [2.75, 3.05) is 0 Å². The molecule has 64 heavy (non-hydrogen) atoms. The molecule has 0 bridgehead atoms. The molecule has 10 aromatic carbocycles. The van der Waals surface area contributed by atoms with E-state index in [4.69, 9.17) is 9.49 Å². The van der Waals surface area contributed by atoms with Crippen molar-refractivity contribution in [3.63, 3.8) is 0 Å². The summed E-state index contributed by atoms with van der Waals surface area (Å²) in [6.07, 6.45) is 0. The van der Waals surface area contributed by atoms with E-state index in [1.807, 2.05) is 0 Å². The Morgan fingerprint density at radius 1 is 0.172 bits per heavy atom. The Morgan fingerprint density at radius 3 is 0.500 bits per heavy atom. The summed E-state index contributed by atoms with van der Waals surface area (Å²) in [6.45, 7) is 0. The lowest BCUT2D eigenvalue weighted by atomic mass is 9.98. The molecule has 0 fully saturated rings. The zero-order chi connectivity index (χ0) is 43.0. The van der Waals surface area contributed by atoms with Gasteiger partial charge in [-0.2, -0.15) is 0 Å². The summed E-state index contributed by atoms with van der Waals surface area (Å²) in [5.41, 5.74) is 8.97. The topological polar surface area (TPSA) is 24.7 Å². The van der Waals surface area contributed by atoms with Crippen molar-refractivity contribution in [3.05, 3.63) is 279 Å². The molecular formula is C60H46N2P2. The van der Waals surface area contributed by atoms with Gasteiger partial charge in [0, 0.05) is 31.8 Å². The first-order chi connectivity index (χ1) is 31.7. The first-order valence-electron chi connectivity index (χ1n) is 21.7. The smallest absolute Gasteiger partial charge is 0.0625 e. The van der Waals surface area contributed by atoms with Gasteiger partial charge in [0.05, 0.1) is 25.5 Å². The second-order valence-electron chi connectivity index (χ2n) is 15.7. The molecule has 0 amide bonds. The molecule has 306 valence electrons. The van der Waals surface area contributed by atoms with E-state index in [-0.39, 0.29) is 0 Å². The van der Waals surface area contributed by atoms with Gasteiger partial charge in [-0.3, -0.25) is 9.49 Å². The van der Waals surface area contributed by atoms with Crippen LogP contribution in [0, 0.1) is 0 Å². The van der Waals surface area contributed by atoms with Crippen LogP contribution in [-0.2, 0) is 0 Å². The van der Waals surface area contributed by atoms with E-state index in [1.54, 1.807) is 0 Å². The van der Waals surface area contributed by atoms with Crippen LogP contribution in [-0.4, -0.2) is 0 Å². The molecule has 0 heterocycles. The molecule has 10 aromatic rings. The van der Waals surface area contributed by atoms with Crippen LogP contribution in [0.15, 0.2) is 289 Å². The SMILES string of the molecule is c1ccc(P(=Nc2ccc(-c3ccc(-c4ccc(-c5ccc(N=P(c6ccccc6)(c6ccccc6)c6ccccc6)cc5)cc4)cc3)cc2)(c2ccccc2)c2ccccc2)cc1. The average Bonchev–Trinajstić information content (AvgIpc) is 3.39. The fraction of sp³-hybridized carbons (Fsp3) is 0. The van der Waals surface area contributed by atoms with E-state index in [2.05, 4.69) is 279 Å². The predicted octanol–water partition coefficient (Wildman–Crippen LogP) is 14.3. The number of hydrogen-bond donors (Lipinski definition) is 0. The quantitative estimate of drug-likeness (QED) is 0.116. The van der Waals surface area contributed by atoms with Gasteiger partial charge in [-0.1, -0.05) is 255 Å².